The molecule has 0 fully saturated rings. The number of carbonyl (C=O) groups is 1. The summed E-state index contributed by atoms with van der Waals surface area (Å²) in [7, 11) is 0. The van der Waals surface area contributed by atoms with E-state index < -0.39 is 0 Å². The number of aryl methyl sites for hydroxylation is 1. The Balaban J connectivity index is 1.72. The van der Waals surface area contributed by atoms with E-state index in [2.05, 4.69) is 44.2 Å². The molecule has 1 aliphatic rings. The molecule has 0 aliphatic heterocycles. The van der Waals surface area contributed by atoms with Gasteiger partial charge in [0.15, 0.2) is 12.4 Å². The maximum atomic E-state index is 10.8. The van der Waals surface area contributed by atoms with Crippen LogP contribution in [0, 0.1) is 13.8 Å². The van der Waals surface area contributed by atoms with Gasteiger partial charge in [0, 0.05) is 22.6 Å². The lowest BCUT2D eigenvalue weighted by atomic mass is 10.0. The molecule has 1 aliphatic carbocycles. The van der Waals surface area contributed by atoms with Crippen molar-refractivity contribution in [3.63, 3.8) is 0 Å². The van der Waals surface area contributed by atoms with Gasteiger partial charge in [-0.25, -0.2) is 0 Å². The van der Waals surface area contributed by atoms with Crippen molar-refractivity contribution >= 4 is 17.6 Å². The second-order valence-electron chi connectivity index (χ2n) is 5.86. The zero-order valence-corrected chi connectivity index (χ0v) is 13.8. The van der Waals surface area contributed by atoms with Gasteiger partial charge in [0.05, 0.1) is 4.88 Å². The summed E-state index contributed by atoms with van der Waals surface area (Å²) in [5, 5.41) is 1.90. The molecule has 3 heteroatoms. The van der Waals surface area contributed by atoms with Crippen LogP contribution in [0.15, 0.2) is 47.8 Å². The summed E-state index contributed by atoms with van der Waals surface area (Å²) in [5.74, 6) is 0.773. The number of benzene rings is 2. The van der Waals surface area contributed by atoms with Crippen molar-refractivity contribution in [2.75, 3.05) is 0 Å². The van der Waals surface area contributed by atoms with Crippen molar-refractivity contribution < 1.29 is 9.53 Å². The Morgan fingerprint density at radius 3 is 2.57 bits per heavy atom. The highest BCUT2D eigenvalue weighted by molar-refractivity contribution is 7.11. The zero-order valence-electron chi connectivity index (χ0n) is 13.0. The maximum Gasteiger partial charge on any atom is 0.160 e. The van der Waals surface area contributed by atoms with Gasteiger partial charge in [0.2, 0.25) is 0 Å². The molecule has 23 heavy (non-hydrogen) atoms. The van der Waals surface area contributed by atoms with Crippen LogP contribution in [0.5, 0.6) is 5.75 Å². The summed E-state index contributed by atoms with van der Waals surface area (Å²) < 4.78 is 6.13. The highest BCUT2D eigenvalue weighted by atomic mass is 32.1. The highest BCUT2D eigenvalue weighted by Gasteiger charge is 2.40. The van der Waals surface area contributed by atoms with E-state index in [0.29, 0.717) is 4.88 Å². The fourth-order valence-electron chi connectivity index (χ4n) is 3.07. The molecule has 1 heterocycles. The Labute approximate surface area is 139 Å². The molecule has 1 unspecified atom stereocenters. The number of ether oxygens (including phenoxy) is 1. The van der Waals surface area contributed by atoms with E-state index in [9.17, 15) is 4.79 Å². The molecule has 1 atom stereocenters. The molecule has 0 amide bonds. The Morgan fingerprint density at radius 1 is 1.09 bits per heavy atom. The number of carbonyl (C=O) groups excluding carboxylic acids is 1. The Hall–Kier alpha value is -2.39. The lowest BCUT2D eigenvalue weighted by Crippen LogP contribution is -1.89. The molecule has 2 nitrogen and oxygen atoms in total. The van der Waals surface area contributed by atoms with E-state index in [-0.39, 0.29) is 6.10 Å². The molecule has 0 saturated carbocycles. The number of rotatable bonds is 4. The van der Waals surface area contributed by atoms with Gasteiger partial charge < -0.3 is 4.74 Å². The van der Waals surface area contributed by atoms with Crippen molar-refractivity contribution in [3.05, 3.63) is 75.0 Å². The van der Waals surface area contributed by atoms with Gasteiger partial charge in [0.1, 0.15) is 5.75 Å². The first kappa shape index (κ1) is 14.2. The summed E-state index contributed by atoms with van der Waals surface area (Å²) in [5.41, 5.74) is 7.63. The monoisotopic (exact) mass is 320 g/mol. The van der Waals surface area contributed by atoms with Crippen LogP contribution in [0.25, 0.3) is 11.1 Å². The SMILES string of the molecule is Cc1cc(-c2ccccc2)c2c(c1C)C2Oc1csc(C=O)c1. The van der Waals surface area contributed by atoms with Crippen LogP contribution in [0.4, 0.5) is 0 Å². The second kappa shape index (κ2) is 5.36. The predicted molar refractivity (Wildman–Crippen MR) is 93.5 cm³/mol. The summed E-state index contributed by atoms with van der Waals surface area (Å²) in [4.78, 5) is 11.5. The van der Waals surface area contributed by atoms with E-state index in [4.69, 9.17) is 4.74 Å². The lowest BCUT2D eigenvalue weighted by molar-refractivity contribution is 0.112. The minimum Gasteiger partial charge on any atom is -0.480 e. The van der Waals surface area contributed by atoms with Gasteiger partial charge in [0.25, 0.3) is 0 Å². The molecule has 4 rings (SSSR count). The molecular weight excluding hydrogens is 304 g/mol. The van der Waals surface area contributed by atoms with Gasteiger partial charge in [-0.1, -0.05) is 36.4 Å². The zero-order chi connectivity index (χ0) is 16.0. The standard InChI is InChI=1S/C20H16O2S/c1-12-8-17(14-6-4-3-5-7-14)19-18(13(12)2)20(19)22-15-9-16(10-21)23-11-15/h3-11,20H,1-2H3. The molecule has 2 aromatic carbocycles. The molecule has 114 valence electrons. The van der Waals surface area contributed by atoms with Crippen LogP contribution in [-0.2, 0) is 0 Å². The van der Waals surface area contributed by atoms with Crippen molar-refractivity contribution in [2.24, 2.45) is 0 Å². The number of hydrogen-bond acceptors (Lipinski definition) is 3. The molecule has 0 spiro atoms. The van der Waals surface area contributed by atoms with E-state index in [1.165, 1.54) is 44.7 Å². The van der Waals surface area contributed by atoms with Crippen LogP contribution in [-0.4, -0.2) is 6.29 Å². The molecule has 0 N–H and O–H groups in total. The van der Waals surface area contributed by atoms with Crippen LogP contribution in [0.2, 0.25) is 0 Å². The van der Waals surface area contributed by atoms with Crippen LogP contribution >= 0.6 is 11.3 Å². The van der Waals surface area contributed by atoms with E-state index in [1.54, 1.807) is 6.07 Å². The average molecular weight is 320 g/mol. The minimum atomic E-state index is 0.00741. The quantitative estimate of drug-likeness (QED) is 0.608. The lowest BCUT2D eigenvalue weighted by Gasteiger charge is -2.04. The van der Waals surface area contributed by atoms with Crippen molar-refractivity contribution in [3.8, 4) is 16.9 Å². The molecule has 0 radical (unpaired) electrons. The predicted octanol–water partition coefficient (Wildman–Crippen LogP) is 5.33. The third kappa shape index (κ3) is 2.37. The highest BCUT2D eigenvalue weighted by Crippen LogP contribution is 2.53. The fraction of sp³-hybridized carbons (Fsp3) is 0.150. The van der Waals surface area contributed by atoms with E-state index in [1.807, 2.05) is 11.4 Å². The number of aldehydes is 1. The Bertz CT molecular complexity index is 894. The molecular formula is C20H16O2S. The smallest absolute Gasteiger partial charge is 0.160 e. The molecule has 0 bridgehead atoms. The average Bonchev–Trinajstić information content (AvgIpc) is 3.08. The van der Waals surface area contributed by atoms with Crippen LogP contribution in [0.3, 0.4) is 0 Å². The Morgan fingerprint density at radius 2 is 1.87 bits per heavy atom. The third-order valence-electron chi connectivity index (χ3n) is 4.43. The van der Waals surface area contributed by atoms with Gasteiger partial charge in [-0.15, -0.1) is 11.3 Å². The van der Waals surface area contributed by atoms with E-state index in [0.717, 1.165) is 12.0 Å². The summed E-state index contributed by atoms with van der Waals surface area (Å²) in [6, 6.07) is 14.5. The normalized spacial score (nSPS) is 15.1. The second-order valence-corrected chi connectivity index (χ2v) is 6.80. The summed E-state index contributed by atoms with van der Waals surface area (Å²) >= 11 is 1.41. The molecule has 3 aromatic rings. The first-order valence-corrected chi connectivity index (χ1v) is 8.47. The van der Waals surface area contributed by atoms with Gasteiger partial charge in [-0.3, -0.25) is 4.79 Å². The third-order valence-corrected chi connectivity index (χ3v) is 5.26. The van der Waals surface area contributed by atoms with Gasteiger partial charge >= 0.3 is 0 Å². The van der Waals surface area contributed by atoms with Crippen molar-refractivity contribution in [1.29, 1.82) is 0 Å². The number of hydrogen-bond donors (Lipinski definition) is 0. The first-order valence-electron chi connectivity index (χ1n) is 7.59. The van der Waals surface area contributed by atoms with Crippen molar-refractivity contribution in [2.45, 2.75) is 20.0 Å². The number of fused-ring (bicyclic) bond motifs is 1. The largest absolute Gasteiger partial charge is 0.480 e. The Kier molecular flexibility index (Phi) is 3.31. The van der Waals surface area contributed by atoms with E-state index >= 15 is 0 Å². The van der Waals surface area contributed by atoms with Crippen molar-refractivity contribution in [1.82, 2.24) is 0 Å². The summed E-state index contributed by atoms with van der Waals surface area (Å²) in [6.07, 6.45) is 0.871. The number of thiophene rings is 1. The molecule has 0 saturated heterocycles. The van der Waals surface area contributed by atoms with Crippen LogP contribution < -0.4 is 4.74 Å². The maximum absolute atomic E-state index is 10.8. The fourth-order valence-corrected chi connectivity index (χ4v) is 3.69. The molecule has 1 aromatic heterocycles. The summed E-state index contributed by atoms with van der Waals surface area (Å²) in [6.45, 7) is 4.29. The topological polar surface area (TPSA) is 26.3 Å². The van der Waals surface area contributed by atoms with Crippen LogP contribution in [0.1, 0.15) is 38.0 Å². The minimum absolute atomic E-state index is 0.00741. The first-order chi connectivity index (χ1) is 11.2. The van der Waals surface area contributed by atoms with Gasteiger partial charge in [-0.2, -0.15) is 0 Å². The van der Waals surface area contributed by atoms with Gasteiger partial charge in [-0.05, 0) is 36.1 Å².